The summed E-state index contributed by atoms with van der Waals surface area (Å²) in [6.45, 7) is 10.2. The Morgan fingerprint density at radius 3 is 2.59 bits per heavy atom. The second-order valence-electron chi connectivity index (χ2n) is 11.3. The number of hydrogen-bond acceptors (Lipinski definition) is 9. The number of pyridine rings is 2. The van der Waals surface area contributed by atoms with Crippen molar-refractivity contribution in [3.8, 4) is 34.4 Å². The third-order valence-electron chi connectivity index (χ3n) is 8.27. The zero-order chi connectivity index (χ0) is 31.6. The van der Waals surface area contributed by atoms with Crippen molar-refractivity contribution in [2.45, 2.75) is 25.4 Å². The van der Waals surface area contributed by atoms with Gasteiger partial charge < -0.3 is 20.5 Å². The maximum Gasteiger partial charge on any atom is 0.234 e. The van der Waals surface area contributed by atoms with E-state index in [-0.39, 0.29) is 5.82 Å². The Labute approximate surface area is 265 Å². The highest BCUT2D eigenvalue weighted by molar-refractivity contribution is 5.84. The number of rotatable bonds is 7. The Morgan fingerprint density at radius 1 is 1.02 bits per heavy atom. The van der Waals surface area contributed by atoms with Gasteiger partial charge in [-0.1, -0.05) is 18.7 Å². The van der Waals surface area contributed by atoms with E-state index in [4.69, 9.17) is 27.5 Å². The number of nitrogens with two attached hydrogens (primary N) is 1. The standard InChI is InChI=1S/C34H30N12/c1-37-31-18-23(21-44(31)2)27-9-10-28-34(41-27)46(33(42-28)26-4-3-14-39-32(26)36)25-7-5-22(6-8-25)20-45-16-12-24(13-17-45)40-29-11-15-38-30(19-35)43-29/h3-11,14-15,18,21,24H,12-13,16-17,20H2,2H3,(H2,36,39)(H,38,40,43). The van der Waals surface area contributed by atoms with E-state index in [1.807, 2.05) is 54.2 Å². The molecule has 226 valence electrons. The first-order valence-electron chi connectivity index (χ1n) is 14.9. The van der Waals surface area contributed by atoms with Crippen molar-refractivity contribution >= 4 is 28.6 Å². The van der Waals surface area contributed by atoms with E-state index in [9.17, 15) is 0 Å². The fraction of sp³-hybridized carbons (Fsp3) is 0.206. The summed E-state index contributed by atoms with van der Waals surface area (Å²) in [5.41, 5.74) is 12.2. The van der Waals surface area contributed by atoms with Gasteiger partial charge in [0.2, 0.25) is 11.6 Å². The molecule has 1 aliphatic heterocycles. The number of aryl methyl sites for hydroxylation is 1. The lowest BCUT2D eigenvalue weighted by molar-refractivity contribution is 0.211. The molecule has 0 unspecified atom stereocenters. The normalized spacial score (nSPS) is 13.8. The Hall–Kier alpha value is -6.11. The molecular formula is C34H30N12. The molecule has 0 saturated carbocycles. The van der Waals surface area contributed by atoms with Gasteiger partial charge in [0.05, 0.1) is 24.5 Å². The van der Waals surface area contributed by atoms with Crippen molar-refractivity contribution in [3.05, 3.63) is 102 Å². The number of nitrogens with one attached hydrogen (secondary N) is 1. The highest BCUT2D eigenvalue weighted by Crippen LogP contribution is 2.33. The van der Waals surface area contributed by atoms with Crippen LogP contribution in [0.25, 0.3) is 44.3 Å². The summed E-state index contributed by atoms with van der Waals surface area (Å²) in [7, 11) is 1.86. The number of nitrogen functional groups attached to an aromatic ring is 1. The molecule has 12 heteroatoms. The molecule has 3 N–H and O–H groups in total. The summed E-state index contributed by atoms with van der Waals surface area (Å²) < 4.78 is 3.82. The van der Waals surface area contributed by atoms with Crippen LogP contribution in [-0.4, -0.2) is 58.1 Å². The minimum Gasteiger partial charge on any atom is -0.383 e. The molecular weight excluding hydrogens is 576 g/mol. The van der Waals surface area contributed by atoms with Crippen molar-refractivity contribution in [1.29, 1.82) is 5.26 Å². The zero-order valence-corrected chi connectivity index (χ0v) is 25.2. The van der Waals surface area contributed by atoms with Crippen LogP contribution in [0.1, 0.15) is 24.2 Å². The highest BCUT2D eigenvalue weighted by Gasteiger charge is 2.21. The van der Waals surface area contributed by atoms with Gasteiger partial charge in [-0.3, -0.25) is 9.47 Å². The Bertz CT molecular complexity index is 2120. The van der Waals surface area contributed by atoms with Gasteiger partial charge in [-0.2, -0.15) is 5.26 Å². The van der Waals surface area contributed by atoms with Crippen molar-refractivity contribution in [3.63, 3.8) is 0 Å². The third kappa shape index (κ3) is 5.61. The van der Waals surface area contributed by atoms with Crippen LogP contribution in [-0.2, 0) is 13.6 Å². The molecule has 6 heterocycles. The fourth-order valence-corrected chi connectivity index (χ4v) is 5.90. The van der Waals surface area contributed by atoms with Crippen LogP contribution in [0, 0.1) is 17.9 Å². The average Bonchev–Trinajstić information content (AvgIpc) is 3.66. The maximum absolute atomic E-state index is 9.07. The number of piperidine rings is 1. The molecule has 0 spiro atoms. The van der Waals surface area contributed by atoms with Gasteiger partial charge in [-0.25, -0.2) is 24.9 Å². The summed E-state index contributed by atoms with van der Waals surface area (Å²) >= 11 is 0. The van der Waals surface area contributed by atoms with Gasteiger partial charge in [0, 0.05) is 49.3 Å². The van der Waals surface area contributed by atoms with Crippen molar-refractivity contribution in [1.82, 2.24) is 39.0 Å². The number of nitrogens with zero attached hydrogens (tertiary/aromatic N) is 10. The van der Waals surface area contributed by atoms with Crippen LogP contribution >= 0.6 is 0 Å². The Balaban J connectivity index is 1.14. The van der Waals surface area contributed by atoms with Crippen LogP contribution in [0.4, 0.5) is 17.5 Å². The van der Waals surface area contributed by atoms with Gasteiger partial charge >= 0.3 is 0 Å². The molecule has 0 amide bonds. The number of anilines is 2. The lowest BCUT2D eigenvalue weighted by atomic mass is 10.0. The molecule has 7 rings (SSSR count). The Kier molecular flexibility index (Phi) is 7.54. The third-order valence-corrected chi connectivity index (χ3v) is 8.27. The van der Waals surface area contributed by atoms with E-state index >= 15 is 0 Å². The minimum atomic E-state index is 0.174. The predicted octanol–water partition coefficient (Wildman–Crippen LogP) is 5.36. The van der Waals surface area contributed by atoms with Gasteiger partial charge in [0.25, 0.3) is 0 Å². The van der Waals surface area contributed by atoms with E-state index in [0.717, 1.165) is 60.5 Å². The highest BCUT2D eigenvalue weighted by atomic mass is 15.2. The second kappa shape index (κ2) is 12.1. The molecule has 5 aromatic heterocycles. The molecule has 0 bridgehead atoms. The monoisotopic (exact) mass is 606 g/mol. The quantitative estimate of drug-likeness (QED) is 0.230. The molecule has 1 aromatic carbocycles. The molecule has 12 nitrogen and oxygen atoms in total. The lowest BCUT2D eigenvalue weighted by Gasteiger charge is -2.32. The number of benzene rings is 1. The summed E-state index contributed by atoms with van der Waals surface area (Å²) in [4.78, 5) is 28.5. The topological polar surface area (TPSA) is 144 Å². The van der Waals surface area contributed by atoms with Crippen LogP contribution in [0.2, 0.25) is 0 Å². The largest absolute Gasteiger partial charge is 0.383 e. The number of hydrogen-bond donors (Lipinski definition) is 2. The first-order chi connectivity index (χ1) is 22.5. The maximum atomic E-state index is 9.07. The fourth-order valence-electron chi connectivity index (χ4n) is 5.90. The van der Waals surface area contributed by atoms with E-state index in [2.05, 4.69) is 54.3 Å². The minimum absolute atomic E-state index is 0.174. The predicted molar refractivity (Wildman–Crippen MR) is 176 cm³/mol. The number of aromatic nitrogens is 7. The first-order valence-corrected chi connectivity index (χ1v) is 14.9. The van der Waals surface area contributed by atoms with Gasteiger partial charge in [0.1, 0.15) is 23.2 Å². The average molecular weight is 607 g/mol. The van der Waals surface area contributed by atoms with Crippen molar-refractivity contribution in [2.75, 3.05) is 24.1 Å². The van der Waals surface area contributed by atoms with Crippen LogP contribution in [0.5, 0.6) is 0 Å². The summed E-state index contributed by atoms with van der Waals surface area (Å²) in [5, 5.41) is 12.5. The lowest BCUT2D eigenvalue weighted by Crippen LogP contribution is -2.38. The summed E-state index contributed by atoms with van der Waals surface area (Å²) in [5.74, 6) is 2.47. The first kappa shape index (κ1) is 28.6. The molecule has 0 radical (unpaired) electrons. The van der Waals surface area contributed by atoms with E-state index in [1.165, 1.54) is 5.56 Å². The number of imidazole rings is 1. The molecule has 0 atom stereocenters. The van der Waals surface area contributed by atoms with Crippen LogP contribution < -0.4 is 11.1 Å². The van der Waals surface area contributed by atoms with Crippen molar-refractivity contribution in [2.24, 2.45) is 7.05 Å². The Morgan fingerprint density at radius 2 is 1.85 bits per heavy atom. The number of fused-ring (bicyclic) bond motifs is 1. The van der Waals surface area contributed by atoms with E-state index < -0.39 is 0 Å². The van der Waals surface area contributed by atoms with E-state index in [1.54, 1.807) is 23.0 Å². The number of likely N-dealkylation sites (tertiary alicyclic amines) is 1. The van der Waals surface area contributed by atoms with Gasteiger partial charge in [-0.15, -0.1) is 0 Å². The summed E-state index contributed by atoms with van der Waals surface area (Å²) in [6, 6.07) is 22.1. The van der Waals surface area contributed by atoms with Crippen LogP contribution in [0.15, 0.2) is 79.3 Å². The number of nitriles is 1. The molecule has 1 fully saturated rings. The van der Waals surface area contributed by atoms with Gasteiger partial charge in [0.15, 0.2) is 11.5 Å². The molecule has 0 aliphatic carbocycles. The molecule has 1 saturated heterocycles. The smallest absolute Gasteiger partial charge is 0.234 e. The summed E-state index contributed by atoms with van der Waals surface area (Å²) in [6.07, 6.45) is 7.15. The van der Waals surface area contributed by atoms with Crippen LogP contribution in [0.3, 0.4) is 0 Å². The molecule has 1 aliphatic rings. The SMILES string of the molecule is [C-]#[N+]c1cc(-c2ccc3nc(-c4cccnc4N)n(-c4ccc(CN5CCC(Nc6ccnc(C#N)n6)CC5)cc4)c3n2)cn1C. The van der Waals surface area contributed by atoms with E-state index in [0.29, 0.717) is 35.0 Å². The zero-order valence-electron chi connectivity index (χ0n) is 25.2. The van der Waals surface area contributed by atoms with Crippen molar-refractivity contribution < 1.29 is 0 Å². The second-order valence-corrected chi connectivity index (χ2v) is 11.3. The molecule has 6 aromatic rings. The van der Waals surface area contributed by atoms with Gasteiger partial charge in [-0.05, 0) is 66.9 Å². The molecule has 46 heavy (non-hydrogen) atoms.